The summed E-state index contributed by atoms with van der Waals surface area (Å²) in [5, 5.41) is 0. The number of benzene rings is 1. The molecule has 1 amide bonds. The van der Waals surface area contributed by atoms with Crippen LogP contribution < -0.4 is 0 Å². The molecule has 0 radical (unpaired) electrons. The molecule has 28 heavy (non-hydrogen) atoms. The monoisotopic (exact) mass is 369 g/mol. The molecule has 4 heteroatoms. The van der Waals surface area contributed by atoms with E-state index >= 15 is 0 Å². The normalized spacial score (nSPS) is 19.0. The van der Waals surface area contributed by atoms with Gasteiger partial charge < -0.3 is 4.90 Å². The minimum absolute atomic E-state index is 0.0507. The molecule has 1 aromatic carbocycles. The van der Waals surface area contributed by atoms with Gasteiger partial charge in [0.15, 0.2) is 0 Å². The third-order valence-corrected chi connectivity index (χ3v) is 5.77. The Morgan fingerprint density at radius 3 is 2.75 bits per heavy atom. The Hall–Kier alpha value is -3.01. The summed E-state index contributed by atoms with van der Waals surface area (Å²) in [5.41, 5.74) is 5.60. The van der Waals surface area contributed by atoms with Gasteiger partial charge in [-0.1, -0.05) is 24.3 Å². The summed E-state index contributed by atoms with van der Waals surface area (Å²) in [4.78, 5) is 24.1. The van der Waals surface area contributed by atoms with Crippen molar-refractivity contribution in [3.05, 3.63) is 83.8 Å². The van der Waals surface area contributed by atoms with Gasteiger partial charge in [0.2, 0.25) is 5.91 Å². The van der Waals surface area contributed by atoms with Gasteiger partial charge in [0, 0.05) is 36.6 Å². The Balaban J connectivity index is 1.62. The largest absolute Gasteiger partial charge is 0.331 e. The highest BCUT2D eigenvalue weighted by atomic mass is 16.2. The number of hydrogen-bond acceptors (Lipinski definition) is 3. The molecule has 2 aromatic heterocycles. The Morgan fingerprint density at radius 2 is 1.93 bits per heavy atom. The van der Waals surface area contributed by atoms with Gasteiger partial charge in [-0.25, -0.2) is 0 Å². The van der Waals surface area contributed by atoms with Crippen molar-refractivity contribution in [3.63, 3.8) is 0 Å². The third-order valence-electron chi connectivity index (χ3n) is 5.77. The molecule has 3 heterocycles. The zero-order chi connectivity index (χ0) is 18.9. The maximum Gasteiger partial charge on any atom is 0.226 e. The van der Waals surface area contributed by atoms with Crippen molar-refractivity contribution in [1.29, 1.82) is 0 Å². The molecule has 1 unspecified atom stereocenters. The first kappa shape index (κ1) is 17.1. The number of nitrogens with zero attached hydrogens (tertiary/aromatic N) is 3. The summed E-state index contributed by atoms with van der Waals surface area (Å²) in [6, 6.07) is 16.6. The van der Waals surface area contributed by atoms with Crippen LogP contribution in [0.1, 0.15) is 42.0 Å². The molecule has 5 rings (SSSR count). The number of rotatable bonds is 3. The minimum atomic E-state index is -0.0507. The van der Waals surface area contributed by atoms with E-state index in [-0.39, 0.29) is 12.0 Å². The summed E-state index contributed by atoms with van der Waals surface area (Å²) in [6.07, 6.45) is 9.53. The number of carbonyl (C=O) groups excluding carboxylic acids is 1. The van der Waals surface area contributed by atoms with Gasteiger partial charge in [0.1, 0.15) is 0 Å². The topological polar surface area (TPSA) is 46.1 Å². The number of aromatic nitrogens is 2. The third kappa shape index (κ3) is 3.19. The van der Waals surface area contributed by atoms with Crippen LogP contribution in [0, 0.1) is 5.92 Å². The average molecular weight is 369 g/mol. The molecule has 0 N–H and O–H groups in total. The molecule has 0 saturated heterocycles. The highest BCUT2D eigenvalue weighted by molar-refractivity contribution is 5.82. The van der Waals surface area contributed by atoms with E-state index in [0.717, 1.165) is 49.0 Å². The molecule has 1 fully saturated rings. The zero-order valence-corrected chi connectivity index (χ0v) is 15.8. The van der Waals surface area contributed by atoms with Crippen molar-refractivity contribution in [1.82, 2.24) is 14.9 Å². The smallest absolute Gasteiger partial charge is 0.226 e. The maximum absolute atomic E-state index is 13.2. The van der Waals surface area contributed by atoms with Crippen LogP contribution in [0.3, 0.4) is 0 Å². The first-order valence-corrected chi connectivity index (χ1v) is 10.1. The van der Waals surface area contributed by atoms with Crippen molar-refractivity contribution in [2.75, 3.05) is 6.54 Å². The van der Waals surface area contributed by atoms with Crippen LogP contribution in [0.2, 0.25) is 0 Å². The minimum Gasteiger partial charge on any atom is -0.331 e. The SMILES string of the molecule is O=C(C1CC1)N1CCCc2ccccc2C1c1ccnc(-c2cccnc2)c1. The molecule has 3 aromatic rings. The highest BCUT2D eigenvalue weighted by Gasteiger charge is 2.38. The number of hydrogen-bond donors (Lipinski definition) is 0. The summed E-state index contributed by atoms with van der Waals surface area (Å²) in [7, 11) is 0. The lowest BCUT2D eigenvalue weighted by Gasteiger charge is -2.32. The van der Waals surface area contributed by atoms with E-state index in [1.165, 1.54) is 11.1 Å². The Bertz CT molecular complexity index is 997. The van der Waals surface area contributed by atoms with Crippen molar-refractivity contribution >= 4 is 5.91 Å². The van der Waals surface area contributed by atoms with E-state index in [4.69, 9.17) is 0 Å². The number of amides is 1. The molecule has 1 aliphatic heterocycles. The fourth-order valence-electron chi connectivity index (χ4n) is 4.22. The van der Waals surface area contributed by atoms with Crippen LogP contribution in [0.25, 0.3) is 11.3 Å². The van der Waals surface area contributed by atoms with Gasteiger partial charge in [-0.3, -0.25) is 14.8 Å². The predicted octanol–water partition coefficient (Wildman–Crippen LogP) is 4.42. The summed E-state index contributed by atoms with van der Waals surface area (Å²) < 4.78 is 0. The fraction of sp³-hybridized carbons (Fsp3) is 0.292. The van der Waals surface area contributed by atoms with Crippen LogP contribution in [-0.2, 0) is 11.2 Å². The molecule has 4 nitrogen and oxygen atoms in total. The number of pyridine rings is 2. The van der Waals surface area contributed by atoms with Gasteiger partial charge in [-0.2, -0.15) is 0 Å². The number of fused-ring (bicyclic) bond motifs is 1. The first-order chi connectivity index (χ1) is 13.8. The van der Waals surface area contributed by atoms with E-state index < -0.39 is 0 Å². The van der Waals surface area contributed by atoms with Crippen LogP contribution in [0.4, 0.5) is 0 Å². The van der Waals surface area contributed by atoms with E-state index in [2.05, 4.69) is 51.3 Å². The average Bonchev–Trinajstić information content (AvgIpc) is 3.60. The Kier molecular flexibility index (Phi) is 4.40. The molecule has 1 atom stereocenters. The predicted molar refractivity (Wildman–Crippen MR) is 109 cm³/mol. The van der Waals surface area contributed by atoms with Crippen LogP contribution in [0.15, 0.2) is 67.1 Å². The summed E-state index contributed by atoms with van der Waals surface area (Å²) in [5.74, 6) is 0.522. The van der Waals surface area contributed by atoms with Crippen LogP contribution in [0.5, 0.6) is 0 Å². The van der Waals surface area contributed by atoms with Gasteiger partial charge in [-0.05, 0) is 66.6 Å². The van der Waals surface area contributed by atoms with Crippen molar-refractivity contribution in [3.8, 4) is 11.3 Å². The maximum atomic E-state index is 13.2. The van der Waals surface area contributed by atoms with Crippen molar-refractivity contribution < 1.29 is 4.79 Å². The summed E-state index contributed by atoms with van der Waals surface area (Å²) in [6.45, 7) is 0.805. The fourth-order valence-corrected chi connectivity index (χ4v) is 4.22. The lowest BCUT2D eigenvalue weighted by atomic mass is 9.92. The quantitative estimate of drug-likeness (QED) is 0.687. The molecular formula is C24H23N3O. The van der Waals surface area contributed by atoms with Gasteiger partial charge in [0.25, 0.3) is 0 Å². The highest BCUT2D eigenvalue weighted by Crippen LogP contribution is 2.39. The lowest BCUT2D eigenvalue weighted by molar-refractivity contribution is -0.134. The second-order valence-electron chi connectivity index (χ2n) is 7.73. The van der Waals surface area contributed by atoms with Crippen LogP contribution >= 0.6 is 0 Å². The van der Waals surface area contributed by atoms with Crippen molar-refractivity contribution in [2.24, 2.45) is 5.92 Å². The van der Waals surface area contributed by atoms with E-state index in [1.807, 2.05) is 24.5 Å². The zero-order valence-electron chi connectivity index (χ0n) is 15.8. The molecule has 0 spiro atoms. The lowest BCUT2D eigenvalue weighted by Crippen LogP contribution is -2.36. The van der Waals surface area contributed by atoms with Gasteiger partial charge in [0.05, 0.1) is 11.7 Å². The molecule has 140 valence electrons. The summed E-state index contributed by atoms with van der Waals surface area (Å²) >= 11 is 0. The van der Waals surface area contributed by atoms with Gasteiger partial charge >= 0.3 is 0 Å². The van der Waals surface area contributed by atoms with Crippen molar-refractivity contribution in [2.45, 2.75) is 31.7 Å². The van der Waals surface area contributed by atoms with Gasteiger partial charge in [-0.15, -0.1) is 0 Å². The number of aryl methyl sites for hydroxylation is 1. The second-order valence-corrected chi connectivity index (χ2v) is 7.73. The van der Waals surface area contributed by atoms with E-state index in [0.29, 0.717) is 5.91 Å². The second kappa shape index (κ2) is 7.19. The van der Waals surface area contributed by atoms with E-state index in [1.54, 1.807) is 6.20 Å². The molecule has 1 saturated carbocycles. The standard InChI is InChI=1S/C24H23N3O/c28-24(18-9-10-18)27-14-4-7-17-5-1-2-8-21(17)23(27)19-11-13-26-22(15-19)20-6-3-12-25-16-20/h1-3,5-6,8,11-13,15-16,18,23H,4,7,9-10,14H2. The first-order valence-electron chi connectivity index (χ1n) is 10.1. The Labute approximate surface area is 165 Å². The molecule has 0 bridgehead atoms. The molecule has 1 aliphatic carbocycles. The Morgan fingerprint density at radius 1 is 1.04 bits per heavy atom. The molecule has 2 aliphatic rings. The van der Waals surface area contributed by atoms with E-state index in [9.17, 15) is 4.79 Å². The number of carbonyl (C=O) groups is 1. The molecular weight excluding hydrogens is 346 g/mol. The van der Waals surface area contributed by atoms with Crippen LogP contribution in [-0.4, -0.2) is 27.3 Å².